The van der Waals surface area contributed by atoms with Gasteiger partial charge < -0.3 is 19.1 Å². The van der Waals surface area contributed by atoms with E-state index in [-0.39, 0.29) is 24.3 Å². The van der Waals surface area contributed by atoms with Gasteiger partial charge in [-0.3, -0.25) is 0 Å². The summed E-state index contributed by atoms with van der Waals surface area (Å²) < 4.78 is 19.5. The van der Waals surface area contributed by atoms with E-state index in [9.17, 15) is 0 Å². The summed E-state index contributed by atoms with van der Waals surface area (Å²) in [4.78, 5) is 2.48. The second-order valence-electron chi connectivity index (χ2n) is 9.15. The highest BCUT2D eigenvalue weighted by molar-refractivity contribution is 5.21. The molecule has 0 aromatic heterocycles. The van der Waals surface area contributed by atoms with Crippen molar-refractivity contribution in [3.63, 3.8) is 0 Å². The smallest absolute Gasteiger partial charge is 0.109 e. The number of nitrogens with zero attached hydrogens (tertiary/aromatic N) is 1. The summed E-state index contributed by atoms with van der Waals surface area (Å²) >= 11 is 0. The van der Waals surface area contributed by atoms with Crippen LogP contribution in [0.1, 0.15) is 30.0 Å². The Morgan fingerprint density at radius 2 is 1.18 bits per heavy atom. The van der Waals surface area contributed by atoms with Gasteiger partial charge in [0.15, 0.2) is 0 Å². The fourth-order valence-corrected chi connectivity index (χ4v) is 5.16. The molecule has 0 unspecified atom stereocenters. The molecule has 0 N–H and O–H groups in total. The van der Waals surface area contributed by atoms with Crippen molar-refractivity contribution in [2.75, 3.05) is 6.61 Å². The molecule has 0 amide bonds. The third kappa shape index (κ3) is 5.25. The average Bonchev–Trinajstić information content (AvgIpc) is 3.40. The zero-order valence-corrected chi connectivity index (χ0v) is 19.8. The second-order valence-corrected chi connectivity index (χ2v) is 9.15. The van der Waals surface area contributed by atoms with Crippen LogP contribution < -0.4 is 0 Å². The Bertz CT molecular complexity index is 1050. The molecule has 0 aliphatic carbocycles. The number of allylic oxidation sites excluding steroid dienone is 1. The Morgan fingerprint density at radius 3 is 1.74 bits per heavy atom. The molecule has 3 aromatic carbocycles. The van der Waals surface area contributed by atoms with Gasteiger partial charge in [0, 0.05) is 5.70 Å². The standard InChI is InChI=1S/C30H33NO3/c1-23-17-18-27-29(33-20-25-13-7-3-8-14-25)30(34-21-26-15-9-4-10-16-26)28(31(23)27)22-32-19-24-11-5-2-6-12-24/h2-17,27-30H,18-22H2,1H3/t27-,28+,29+,30-/m1/s1. The Balaban J connectivity index is 1.33. The molecule has 0 bridgehead atoms. The third-order valence-electron chi connectivity index (χ3n) is 6.83. The van der Waals surface area contributed by atoms with E-state index in [4.69, 9.17) is 14.2 Å². The molecule has 176 valence electrons. The van der Waals surface area contributed by atoms with Gasteiger partial charge in [-0.2, -0.15) is 0 Å². The first-order valence-corrected chi connectivity index (χ1v) is 12.2. The van der Waals surface area contributed by atoms with Gasteiger partial charge in [-0.1, -0.05) is 97.1 Å². The minimum absolute atomic E-state index is 0.0251. The highest BCUT2D eigenvalue weighted by atomic mass is 16.5. The number of ether oxygens (including phenoxy) is 3. The minimum atomic E-state index is -0.0756. The lowest BCUT2D eigenvalue weighted by molar-refractivity contribution is -0.0864. The van der Waals surface area contributed by atoms with Crippen LogP contribution in [0.25, 0.3) is 0 Å². The summed E-state index contributed by atoms with van der Waals surface area (Å²) in [6.07, 6.45) is 3.20. The fourth-order valence-electron chi connectivity index (χ4n) is 5.16. The molecular weight excluding hydrogens is 422 g/mol. The Kier molecular flexibility index (Phi) is 7.40. The molecule has 5 rings (SSSR count). The lowest BCUT2D eigenvalue weighted by atomic mass is 10.0. The van der Waals surface area contributed by atoms with Crippen LogP contribution in [0.5, 0.6) is 0 Å². The van der Waals surface area contributed by atoms with E-state index in [0.29, 0.717) is 26.4 Å². The van der Waals surface area contributed by atoms with Crippen molar-refractivity contribution in [2.45, 2.75) is 57.5 Å². The molecule has 3 aromatic rings. The number of hydrogen-bond acceptors (Lipinski definition) is 4. The molecule has 0 radical (unpaired) electrons. The lowest BCUT2D eigenvalue weighted by Crippen LogP contribution is -2.41. The Hall–Kier alpha value is -2.92. The van der Waals surface area contributed by atoms with E-state index in [1.165, 1.54) is 22.4 Å². The lowest BCUT2D eigenvalue weighted by Gasteiger charge is -2.30. The van der Waals surface area contributed by atoms with Gasteiger partial charge in [0.05, 0.1) is 38.5 Å². The number of rotatable bonds is 10. The highest BCUT2D eigenvalue weighted by Crippen LogP contribution is 2.40. The SMILES string of the molecule is CC1=CC[C@@H]2[C@H](OCc3ccccc3)[C@H](OCc3ccccc3)[C@H](COCc3ccccc3)N12. The van der Waals surface area contributed by atoms with Crippen molar-refractivity contribution in [1.82, 2.24) is 4.90 Å². The number of fused-ring (bicyclic) bond motifs is 1. The second kappa shape index (κ2) is 11.0. The largest absolute Gasteiger partial charge is 0.375 e. The van der Waals surface area contributed by atoms with Crippen LogP contribution in [0.2, 0.25) is 0 Å². The molecule has 4 heteroatoms. The molecule has 4 atom stereocenters. The predicted molar refractivity (Wildman–Crippen MR) is 134 cm³/mol. The minimum Gasteiger partial charge on any atom is -0.375 e. The molecule has 34 heavy (non-hydrogen) atoms. The molecule has 1 fully saturated rings. The topological polar surface area (TPSA) is 30.9 Å². The Morgan fingerprint density at radius 1 is 0.676 bits per heavy atom. The van der Waals surface area contributed by atoms with Crippen molar-refractivity contribution < 1.29 is 14.2 Å². The molecule has 0 spiro atoms. The van der Waals surface area contributed by atoms with E-state index < -0.39 is 0 Å². The maximum absolute atomic E-state index is 6.62. The van der Waals surface area contributed by atoms with Crippen LogP contribution in [0, 0.1) is 0 Å². The number of benzene rings is 3. The quantitative estimate of drug-likeness (QED) is 0.390. The molecule has 2 aliphatic heterocycles. The third-order valence-corrected chi connectivity index (χ3v) is 6.83. The first kappa shape index (κ1) is 22.9. The van der Waals surface area contributed by atoms with Gasteiger partial charge in [-0.05, 0) is 30.0 Å². The van der Waals surface area contributed by atoms with Crippen molar-refractivity contribution >= 4 is 0 Å². The zero-order chi connectivity index (χ0) is 23.2. The van der Waals surface area contributed by atoms with Gasteiger partial charge in [0.25, 0.3) is 0 Å². The number of hydrogen-bond donors (Lipinski definition) is 0. The van der Waals surface area contributed by atoms with Crippen LogP contribution in [-0.4, -0.2) is 35.8 Å². The van der Waals surface area contributed by atoms with Gasteiger partial charge in [0.1, 0.15) is 12.2 Å². The van der Waals surface area contributed by atoms with Gasteiger partial charge >= 0.3 is 0 Å². The maximum Gasteiger partial charge on any atom is 0.109 e. The van der Waals surface area contributed by atoms with E-state index in [1.807, 2.05) is 18.2 Å². The maximum atomic E-state index is 6.62. The summed E-state index contributed by atoms with van der Waals surface area (Å²) in [5, 5.41) is 0. The van der Waals surface area contributed by atoms with Crippen LogP contribution in [-0.2, 0) is 34.0 Å². The van der Waals surface area contributed by atoms with E-state index >= 15 is 0 Å². The molecule has 2 heterocycles. The molecular formula is C30H33NO3. The summed E-state index contributed by atoms with van der Waals surface area (Å²) in [5.74, 6) is 0. The Labute approximate surface area is 202 Å². The van der Waals surface area contributed by atoms with Crippen molar-refractivity contribution in [3.05, 3.63) is 119 Å². The fraction of sp³-hybridized carbons (Fsp3) is 0.333. The van der Waals surface area contributed by atoms with Crippen LogP contribution in [0.4, 0.5) is 0 Å². The summed E-state index contributed by atoms with van der Waals surface area (Å²) in [5.41, 5.74) is 4.83. The summed E-state index contributed by atoms with van der Waals surface area (Å²) in [7, 11) is 0. The monoisotopic (exact) mass is 455 g/mol. The summed E-state index contributed by atoms with van der Waals surface area (Å²) in [6, 6.07) is 31.5. The van der Waals surface area contributed by atoms with Crippen LogP contribution >= 0.6 is 0 Å². The van der Waals surface area contributed by atoms with Crippen molar-refractivity contribution in [1.29, 1.82) is 0 Å². The molecule has 1 saturated heterocycles. The first-order chi connectivity index (χ1) is 16.8. The van der Waals surface area contributed by atoms with E-state index in [0.717, 1.165) is 6.42 Å². The molecule has 4 nitrogen and oxygen atoms in total. The van der Waals surface area contributed by atoms with Crippen LogP contribution in [0.15, 0.2) is 103 Å². The summed E-state index contributed by atoms with van der Waals surface area (Å²) in [6.45, 7) is 4.53. The average molecular weight is 456 g/mol. The van der Waals surface area contributed by atoms with Gasteiger partial charge in [-0.25, -0.2) is 0 Å². The highest BCUT2D eigenvalue weighted by Gasteiger charge is 2.52. The van der Waals surface area contributed by atoms with Gasteiger partial charge in [0.2, 0.25) is 0 Å². The zero-order valence-electron chi connectivity index (χ0n) is 19.8. The van der Waals surface area contributed by atoms with E-state index in [2.05, 4.69) is 90.7 Å². The van der Waals surface area contributed by atoms with Crippen LogP contribution in [0.3, 0.4) is 0 Å². The van der Waals surface area contributed by atoms with E-state index in [1.54, 1.807) is 0 Å². The van der Waals surface area contributed by atoms with Crippen molar-refractivity contribution in [2.24, 2.45) is 0 Å². The van der Waals surface area contributed by atoms with Gasteiger partial charge in [-0.15, -0.1) is 0 Å². The molecule has 2 aliphatic rings. The predicted octanol–water partition coefficient (Wildman–Crippen LogP) is 5.73. The first-order valence-electron chi connectivity index (χ1n) is 12.2. The molecule has 0 saturated carbocycles. The van der Waals surface area contributed by atoms with Crippen molar-refractivity contribution in [3.8, 4) is 0 Å². The normalized spacial score (nSPS) is 23.7.